The standard InChI is InChI=1S/C30H31N3O6/c1-5-36-30(35)22(4)38-27-9-7-6-8-23(27)18-31-32-29(34)28-17-16-26(39-28)19-37-25-14-12-24(13-15-25)33-20(2)10-11-21(33)3/h6-18,22H,5,19H2,1-4H3,(H,32,34)/b31-18+/t22-/m0/s1. The van der Waals surface area contributed by atoms with Crippen molar-refractivity contribution in [1.82, 2.24) is 9.99 Å². The number of carbonyl (C=O) groups is 2. The zero-order chi connectivity index (χ0) is 27.8. The predicted molar refractivity (Wildman–Crippen MR) is 147 cm³/mol. The molecule has 0 saturated heterocycles. The Balaban J connectivity index is 1.30. The topological polar surface area (TPSA) is 104 Å². The molecule has 0 spiro atoms. The van der Waals surface area contributed by atoms with Gasteiger partial charge in [0, 0.05) is 22.6 Å². The predicted octanol–water partition coefficient (Wildman–Crippen LogP) is 5.36. The average Bonchev–Trinajstić information content (AvgIpc) is 3.55. The summed E-state index contributed by atoms with van der Waals surface area (Å²) in [6.07, 6.45) is 0.641. The Kier molecular flexibility index (Phi) is 8.83. The van der Waals surface area contributed by atoms with Gasteiger partial charge in [-0.1, -0.05) is 12.1 Å². The van der Waals surface area contributed by atoms with Gasteiger partial charge in [-0.3, -0.25) is 4.79 Å². The van der Waals surface area contributed by atoms with Crippen molar-refractivity contribution in [2.75, 3.05) is 6.61 Å². The van der Waals surface area contributed by atoms with Gasteiger partial charge >= 0.3 is 11.9 Å². The lowest BCUT2D eigenvalue weighted by molar-refractivity contribution is -0.150. The van der Waals surface area contributed by atoms with Gasteiger partial charge in [0.1, 0.15) is 23.9 Å². The molecule has 1 N–H and O–H groups in total. The van der Waals surface area contributed by atoms with Gasteiger partial charge in [0.25, 0.3) is 0 Å². The van der Waals surface area contributed by atoms with Gasteiger partial charge < -0.3 is 23.2 Å². The van der Waals surface area contributed by atoms with E-state index in [1.807, 2.05) is 24.3 Å². The molecule has 2 aromatic heterocycles. The Morgan fingerprint density at radius 1 is 1.00 bits per heavy atom. The number of furan rings is 1. The van der Waals surface area contributed by atoms with E-state index in [4.69, 9.17) is 18.6 Å². The second kappa shape index (κ2) is 12.6. The zero-order valence-electron chi connectivity index (χ0n) is 22.3. The fraction of sp³-hybridized carbons (Fsp3) is 0.233. The lowest BCUT2D eigenvalue weighted by Crippen LogP contribution is -2.26. The van der Waals surface area contributed by atoms with E-state index in [1.54, 1.807) is 50.2 Å². The van der Waals surface area contributed by atoms with Crippen molar-refractivity contribution in [2.45, 2.75) is 40.4 Å². The van der Waals surface area contributed by atoms with E-state index in [2.05, 4.69) is 41.1 Å². The minimum Gasteiger partial charge on any atom is -0.486 e. The number of aromatic nitrogens is 1. The molecule has 0 aliphatic rings. The lowest BCUT2D eigenvalue weighted by atomic mass is 10.2. The van der Waals surface area contributed by atoms with E-state index in [-0.39, 0.29) is 19.0 Å². The van der Waals surface area contributed by atoms with Crippen LogP contribution >= 0.6 is 0 Å². The average molecular weight is 530 g/mol. The molecule has 2 heterocycles. The van der Waals surface area contributed by atoms with E-state index < -0.39 is 18.0 Å². The number of para-hydroxylation sites is 1. The summed E-state index contributed by atoms with van der Waals surface area (Å²) in [5, 5.41) is 4.00. The molecule has 4 aromatic rings. The van der Waals surface area contributed by atoms with Crippen LogP contribution < -0.4 is 14.9 Å². The summed E-state index contributed by atoms with van der Waals surface area (Å²) in [6, 6.07) is 22.2. The van der Waals surface area contributed by atoms with Gasteiger partial charge in [-0.2, -0.15) is 5.10 Å². The minimum absolute atomic E-state index is 0.0973. The van der Waals surface area contributed by atoms with Crippen molar-refractivity contribution in [1.29, 1.82) is 0 Å². The van der Waals surface area contributed by atoms with Crippen molar-refractivity contribution < 1.29 is 28.2 Å². The van der Waals surface area contributed by atoms with Crippen LogP contribution in [0.3, 0.4) is 0 Å². The molecule has 9 heteroatoms. The number of rotatable bonds is 11. The number of carbonyl (C=O) groups excluding carboxylic acids is 2. The molecule has 1 atom stereocenters. The highest BCUT2D eigenvalue weighted by Gasteiger charge is 2.17. The summed E-state index contributed by atoms with van der Waals surface area (Å²) in [4.78, 5) is 24.4. The molecular formula is C30H31N3O6. The van der Waals surface area contributed by atoms with Gasteiger partial charge in [0.15, 0.2) is 11.9 Å². The Morgan fingerprint density at radius 2 is 1.72 bits per heavy atom. The largest absolute Gasteiger partial charge is 0.486 e. The third-order valence-corrected chi connectivity index (χ3v) is 5.84. The van der Waals surface area contributed by atoms with Crippen LogP contribution in [0.4, 0.5) is 0 Å². The van der Waals surface area contributed by atoms with Gasteiger partial charge in [-0.25, -0.2) is 10.2 Å². The molecule has 0 bridgehead atoms. The third kappa shape index (κ3) is 6.95. The summed E-state index contributed by atoms with van der Waals surface area (Å²) in [5.41, 5.74) is 6.39. The van der Waals surface area contributed by atoms with Crippen LogP contribution in [-0.4, -0.2) is 35.4 Å². The van der Waals surface area contributed by atoms with Crippen molar-refractivity contribution >= 4 is 18.1 Å². The number of hydrogen-bond acceptors (Lipinski definition) is 7. The molecule has 0 unspecified atom stereocenters. The highest BCUT2D eigenvalue weighted by atomic mass is 16.6. The molecule has 0 radical (unpaired) electrons. The third-order valence-electron chi connectivity index (χ3n) is 5.84. The van der Waals surface area contributed by atoms with Crippen molar-refractivity contribution in [2.24, 2.45) is 5.10 Å². The van der Waals surface area contributed by atoms with E-state index >= 15 is 0 Å². The molecule has 9 nitrogen and oxygen atoms in total. The smallest absolute Gasteiger partial charge is 0.347 e. The number of ether oxygens (including phenoxy) is 3. The Labute approximate surface area is 227 Å². The van der Waals surface area contributed by atoms with Crippen LogP contribution in [0.15, 0.2) is 82.3 Å². The monoisotopic (exact) mass is 529 g/mol. The number of benzene rings is 2. The molecule has 2 aromatic carbocycles. The van der Waals surface area contributed by atoms with E-state index in [9.17, 15) is 9.59 Å². The van der Waals surface area contributed by atoms with E-state index in [1.165, 1.54) is 6.21 Å². The van der Waals surface area contributed by atoms with E-state index in [0.29, 0.717) is 22.8 Å². The maximum Gasteiger partial charge on any atom is 0.347 e. The number of aryl methyl sites for hydroxylation is 2. The van der Waals surface area contributed by atoms with Gasteiger partial charge in [-0.05, 0) is 88.4 Å². The van der Waals surface area contributed by atoms with Gasteiger partial charge in [0.2, 0.25) is 0 Å². The SMILES string of the molecule is CCOC(=O)[C@H](C)Oc1ccccc1/C=N/NC(=O)c1ccc(COc2ccc(-n3c(C)ccc3C)cc2)o1. The number of hydrazone groups is 1. The van der Waals surface area contributed by atoms with Crippen LogP contribution in [0, 0.1) is 13.8 Å². The molecule has 0 saturated carbocycles. The number of nitrogens with one attached hydrogen (secondary N) is 1. The van der Waals surface area contributed by atoms with Crippen LogP contribution in [0.5, 0.6) is 11.5 Å². The first kappa shape index (κ1) is 27.3. The number of nitrogens with zero attached hydrogens (tertiary/aromatic N) is 2. The van der Waals surface area contributed by atoms with Crippen molar-refractivity contribution in [3.8, 4) is 17.2 Å². The normalized spacial score (nSPS) is 11.8. The highest BCUT2D eigenvalue weighted by Crippen LogP contribution is 2.21. The summed E-state index contributed by atoms with van der Waals surface area (Å²) >= 11 is 0. The summed E-state index contributed by atoms with van der Waals surface area (Å²) in [6.45, 7) is 7.90. The molecule has 0 aliphatic heterocycles. The van der Waals surface area contributed by atoms with Crippen LogP contribution in [0.1, 0.15) is 47.1 Å². The maximum absolute atomic E-state index is 12.5. The summed E-state index contributed by atoms with van der Waals surface area (Å²) in [7, 11) is 0. The van der Waals surface area contributed by atoms with Gasteiger partial charge in [-0.15, -0.1) is 0 Å². The zero-order valence-corrected chi connectivity index (χ0v) is 22.3. The molecular weight excluding hydrogens is 498 g/mol. The van der Waals surface area contributed by atoms with E-state index in [0.717, 1.165) is 17.1 Å². The first-order valence-corrected chi connectivity index (χ1v) is 12.6. The molecule has 202 valence electrons. The number of hydrogen-bond donors (Lipinski definition) is 1. The second-order valence-electron chi connectivity index (χ2n) is 8.75. The molecule has 4 rings (SSSR count). The first-order valence-electron chi connectivity index (χ1n) is 12.6. The Morgan fingerprint density at radius 3 is 2.44 bits per heavy atom. The van der Waals surface area contributed by atoms with Crippen LogP contribution in [0.2, 0.25) is 0 Å². The minimum atomic E-state index is -0.788. The summed E-state index contributed by atoms with van der Waals surface area (Å²) < 4.78 is 24.3. The second-order valence-corrected chi connectivity index (χ2v) is 8.75. The fourth-order valence-corrected chi connectivity index (χ4v) is 3.91. The highest BCUT2D eigenvalue weighted by molar-refractivity contribution is 5.92. The number of amides is 1. The van der Waals surface area contributed by atoms with Crippen LogP contribution in [-0.2, 0) is 16.1 Å². The summed E-state index contributed by atoms with van der Waals surface area (Å²) in [5.74, 6) is 0.732. The Bertz CT molecular complexity index is 1430. The quantitative estimate of drug-likeness (QED) is 0.159. The first-order chi connectivity index (χ1) is 18.9. The van der Waals surface area contributed by atoms with Crippen molar-refractivity contribution in [3.63, 3.8) is 0 Å². The molecule has 0 aliphatic carbocycles. The molecule has 0 fully saturated rings. The van der Waals surface area contributed by atoms with Gasteiger partial charge in [0.05, 0.1) is 12.8 Å². The Hall–Kier alpha value is -4.79. The maximum atomic E-state index is 12.5. The molecule has 1 amide bonds. The van der Waals surface area contributed by atoms with Crippen molar-refractivity contribution in [3.05, 3.63) is 101 Å². The molecule has 39 heavy (non-hydrogen) atoms. The fourth-order valence-electron chi connectivity index (χ4n) is 3.91. The van der Waals surface area contributed by atoms with Crippen LogP contribution in [0.25, 0.3) is 5.69 Å². The number of esters is 1. The lowest BCUT2D eigenvalue weighted by Gasteiger charge is -2.14.